The number of aromatic nitrogens is 4. The third-order valence-electron chi connectivity index (χ3n) is 4.74. The molecule has 0 aliphatic carbocycles. The zero-order valence-corrected chi connectivity index (χ0v) is 15.1. The van der Waals surface area contributed by atoms with Gasteiger partial charge in [0.2, 0.25) is 0 Å². The number of hydrogen-bond donors (Lipinski definition) is 2. The fraction of sp³-hybridized carbons (Fsp3) is 0.190. The summed E-state index contributed by atoms with van der Waals surface area (Å²) < 4.78 is 0. The molecule has 0 bridgehead atoms. The number of aryl methyl sites for hydroxylation is 2. The Morgan fingerprint density at radius 3 is 2.69 bits per heavy atom. The minimum absolute atomic E-state index is 0.00226. The summed E-state index contributed by atoms with van der Waals surface area (Å²) in [5, 5.41) is 7.99. The van der Waals surface area contributed by atoms with Crippen LogP contribution >= 0.6 is 0 Å². The minimum atomic E-state index is 0.00226. The molecule has 3 heterocycles. The quantitative estimate of drug-likeness (QED) is 0.542. The number of nitrogens with one attached hydrogen (secondary N) is 2. The lowest BCUT2D eigenvalue weighted by molar-refractivity contribution is 0.0987. The Hall–Kier alpha value is -3.21. The monoisotopic (exact) mass is 344 g/mol. The highest BCUT2D eigenvalue weighted by Crippen LogP contribution is 2.24. The highest BCUT2D eigenvalue weighted by atomic mass is 16.1. The van der Waals surface area contributed by atoms with Gasteiger partial charge in [-0.3, -0.25) is 9.89 Å². The van der Waals surface area contributed by atoms with E-state index in [0.29, 0.717) is 12.1 Å². The molecule has 0 saturated carbocycles. The number of aromatic amines is 2. The summed E-state index contributed by atoms with van der Waals surface area (Å²) in [6.07, 6.45) is 2.05. The molecule has 5 heteroatoms. The molecule has 0 aliphatic rings. The van der Waals surface area contributed by atoms with E-state index in [1.165, 1.54) is 5.56 Å². The van der Waals surface area contributed by atoms with Gasteiger partial charge in [0.15, 0.2) is 5.78 Å². The van der Waals surface area contributed by atoms with Crippen molar-refractivity contribution in [3.8, 4) is 11.3 Å². The highest BCUT2D eigenvalue weighted by molar-refractivity contribution is 5.97. The Labute approximate surface area is 151 Å². The Bertz CT molecular complexity index is 1120. The van der Waals surface area contributed by atoms with Crippen LogP contribution in [-0.2, 0) is 6.42 Å². The first kappa shape index (κ1) is 16.3. The van der Waals surface area contributed by atoms with Gasteiger partial charge in [-0.15, -0.1) is 0 Å². The Morgan fingerprint density at radius 2 is 1.96 bits per heavy atom. The number of H-pyrrole nitrogens is 2. The van der Waals surface area contributed by atoms with Crippen molar-refractivity contribution in [2.24, 2.45) is 0 Å². The van der Waals surface area contributed by atoms with E-state index < -0.39 is 0 Å². The number of nitrogens with zero attached hydrogens (tertiary/aromatic N) is 2. The van der Waals surface area contributed by atoms with E-state index in [1.54, 1.807) is 6.20 Å². The van der Waals surface area contributed by atoms with Crippen molar-refractivity contribution < 1.29 is 4.79 Å². The zero-order valence-electron chi connectivity index (χ0n) is 15.1. The smallest absolute Gasteiger partial charge is 0.187 e. The third-order valence-corrected chi connectivity index (χ3v) is 4.74. The molecular formula is C21H20N4O. The van der Waals surface area contributed by atoms with E-state index >= 15 is 0 Å². The third kappa shape index (κ3) is 2.92. The highest BCUT2D eigenvalue weighted by Gasteiger charge is 2.15. The number of fused-ring (bicyclic) bond motifs is 1. The summed E-state index contributed by atoms with van der Waals surface area (Å²) in [4.78, 5) is 20.4. The van der Waals surface area contributed by atoms with E-state index in [2.05, 4.69) is 51.4 Å². The van der Waals surface area contributed by atoms with E-state index in [-0.39, 0.29) is 5.78 Å². The summed E-state index contributed by atoms with van der Waals surface area (Å²) >= 11 is 0. The first-order chi connectivity index (χ1) is 12.5. The molecule has 3 aromatic heterocycles. The number of hydrogen-bond acceptors (Lipinski definition) is 3. The Kier molecular flexibility index (Phi) is 3.92. The van der Waals surface area contributed by atoms with Crippen LogP contribution in [-0.4, -0.2) is 25.9 Å². The molecular weight excluding hydrogens is 324 g/mol. The topological polar surface area (TPSA) is 74.4 Å². The minimum Gasteiger partial charge on any atom is -0.339 e. The van der Waals surface area contributed by atoms with Crippen molar-refractivity contribution in [2.75, 3.05) is 0 Å². The van der Waals surface area contributed by atoms with Crippen LogP contribution in [0.25, 0.3) is 22.3 Å². The number of benzene rings is 1. The number of Topliss-reactive ketones (excluding diaryl/α,β-unsaturated/α-hetero) is 1. The lowest BCUT2D eigenvalue weighted by Gasteiger charge is -2.00. The van der Waals surface area contributed by atoms with Gasteiger partial charge in [0.1, 0.15) is 11.3 Å². The summed E-state index contributed by atoms with van der Waals surface area (Å²) in [5.74, 6) is 0.00226. The molecule has 130 valence electrons. The van der Waals surface area contributed by atoms with Crippen molar-refractivity contribution in [2.45, 2.75) is 27.2 Å². The lowest BCUT2D eigenvalue weighted by atomic mass is 10.0. The number of pyridine rings is 1. The SMILES string of the molecule is Cc1cccc(-c2cc3cc(CC(=O)c4n[nH]c(C)c4C)cnc3[nH]2)c1. The van der Waals surface area contributed by atoms with Crippen LogP contribution in [0.2, 0.25) is 0 Å². The van der Waals surface area contributed by atoms with Crippen LogP contribution in [0.15, 0.2) is 42.6 Å². The molecule has 0 aliphatic heterocycles. The van der Waals surface area contributed by atoms with Gasteiger partial charge in [0.05, 0.1) is 0 Å². The van der Waals surface area contributed by atoms with Gasteiger partial charge in [-0.05, 0) is 50.1 Å². The summed E-state index contributed by atoms with van der Waals surface area (Å²) in [6, 6.07) is 12.4. The first-order valence-corrected chi connectivity index (χ1v) is 8.60. The van der Waals surface area contributed by atoms with Crippen LogP contribution in [0.4, 0.5) is 0 Å². The second-order valence-electron chi connectivity index (χ2n) is 6.76. The van der Waals surface area contributed by atoms with Gasteiger partial charge >= 0.3 is 0 Å². The number of rotatable bonds is 4. The molecule has 0 fully saturated rings. The van der Waals surface area contributed by atoms with E-state index in [9.17, 15) is 4.79 Å². The van der Waals surface area contributed by atoms with Crippen molar-refractivity contribution in [3.63, 3.8) is 0 Å². The molecule has 0 amide bonds. The number of carbonyl (C=O) groups is 1. The summed E-state index contributed by atoms with van der Waals surface area (Å²) in [7, 11) is 0. The molecule has 0 spiro atoms. The van der Waals surface area contributed by atoms with Gasteiger partial charge in [-0.25, -0.2) is 4.98 Å². The average molecular weight is 344 g/mol. The maximum absolute atomic E-state index is 12.5. The van der Waals surface area contributed by atoms with Crippen molar-refractivity contribution in [3.05, 3.63) is 70.7 Å². The molecule has 26 heavy (non-hydrogen) atoms. The first-order valence-electron chi connectivity index (χ1n) is 8.60. The summed E-state index contributed by atoms with van der Waals surface area (Å²) in [5.41, 5.74) is 7.42. The van der Waals surface area contributed by atoms with Gasteiger partial charge in [0, 0.05) is 35.0 Å². The molecule has 0 saturated heterocycles. The van der Waals surface area contributed by atoms with Crippen LogP contribution < -0.4 is 0 Å². The van der Waals surface area contributed by atoms with Gasteiger partial charge < -0.3 is 4.98 Å². The molecule has 4 rings (SSSR count). The van der Waals surface area contributed by atoms with E-state index in [4.69, 9.17) is 0 Å². The lowest BCUT2D eigenvalue weighted by Crippen LogP contribution is -2.06. The standard InChI is InChI=1S/C21H20N4O/c1-12-5-4-6-16(7-12)18-10-17-8-15(11-22-21(17)23-18)9-19(26)20-13(2)14(3)24-25-20/h4-8,10-11H,9H2,1-3H3,(H,22,23)(H,24,25). The van der Waals surface area contributed by atoms with Crippen molar-refractivity contribution in [1.82, 2.24) is 20.2 Å². The predicted molar refractivity (Wildman–Crippen MR) is 102 cm³/mol. The second kappa shape index (κ2) is 6.26. The number of carbonyl (C=O) groups excluding carboxylic acids is 1. The zero-order chi connectivity index (χ0) is 18.3. The van der Waals surface area contributed by atoms with Crippen molar-refractivity contribution >= 4 is 16.8 Å². The van der Waals surface area contributed by atoms with Gasteiger partial charge in [-0.1, -0.05) is 23.8 Å². The molecule has 2 N–H and O–H groups in total. The maximum atomic E-state index is 12.5. The predicted octanol–water partition coefficient (Wildman–Crippen LogP) is 4.30. The maximum Gasteiger partial charge on any atom is 0.187 e. The molecule has 0 radical (unpaired) electrons. The molecule has 1 aromatic carbocycles. The molecule has 4 aromatic rings. The van der Waals surface area contributed by atoms with Crippen LogP contribution in [0.1, 0.15) is 32.9 Å². The molecule has 0 atom stereocenters. The van der Waals surface area contributed by atoms with Crippen LogP contribution in [0.3, 0.4) is 0 Å². The average Bonchev–Trinajstić information content (AvgIpc) is 3.18. The molecule has 0 unspecified atom stereocenters. The fourth-order valence-electron chi connectivity index (χ4n) is 3.15. The number of ketones is 1. The second-order valence-corrected chi connectivity index (χ2v) is 6.76. The Morgan fingerprint density at radius 1 is 1.12 bits per heavy atom. The summed E-state index contributed by atoms with van der Waals surface area (Å²) in [6.45, 7) is 5.90. The van der Waals surface area contributed by atoms with Crippen molar-refractivity contribution in [1.29, 1.82) is 0 Å². The van der Waals surface area contributed by atoms with E-state index in [0.717, 1.165) is 39.1 Å². The van der Waals surface area contributed by atoms with Gasteiger partial charge in [-0.2, -0.15) is 5.10 Å². The largest absolute Gasteiger partial charge is 0.339 e. The van der Waals surface area contributed by atoms with Gasteiger partial charge in [0.25, 0.3) is 0 Å². The van der Waals surface area contributed by atoms with Crippen LogP contribution in [0, 0.1) is 20.8 Å². The normalized spacial score (nSPS) is 11.2. The van der Waals surface area contributed by atoms with E-state index in [1.807, 2.05) is 26.0 Å². The fourth-order valence-corrected chi connectivity index (χ4v) is 3.15. The molecule has 5 nitrogen and oxygen atoms in total. The Balaban J connectivity index is 1.63. The van der Waals surface area contributed by atoms with Crippen LogP contribution in [0.5, 0.6) is 0 Å².